The minimum atomic E-state index is -0.230. The number of guanidine groups is 1. The number of aromatic nitrogens is 1. The van der Waals surface area contributed by atoms with Crippen molar-refractivity contribution in [2.75, 3.05) is 27.2 Å². The molecule has 1 rings (SSSR count). The number of aryl methyl sites for hydroxylation is 2. The maximum absolute atomic E-state index is 11.3. The van der Waals surface area contributed by atoms with Gasteiger partial charge in [-0.05, 0) is 13.8 Å². The molecule has 0 aliphatic heterocycles. The predicted molar refractivity (Wildman–Crippen MR) is 101 cm³/mol. The minimum absolute atomic E-state index is 0. The number of esters is 1. The Hall–Kier alpha value is -0.900. The summed E-state index contributed by atoms with van der Waals surface area (Å²) in [5.41, 5.74) is 1.10. The van der Waals surface area contributed by atoms with Gasteiger partial charge in [0.25, 0.3) is 0 Å². The van der Waals surface area contributed by atoms with E-state index in [0.717, 1.165) is 23.7 Å². The van der Waals surface area contributed by atoms with E-state index < -0.39 is 0 Å². The van der Waals surface area contributed by atoms with Gasteiger partial charge in [0.15, 0.2) is 5.96 Å². The lowest BCUT2D eigenvalue weighted by Gasteiger charge is -2.14. The molecule has 1 aromatic heterocycles. The molecule has 0 amide bonds. The van der Waals surface area contributed by atoms with Gasteiger partial charge in [-0.3, -0.25) is 9.79 Å². The quantitative estimate of drug-likeness (QED) is 0.306. The second-order valence-corrected chi connectivity index (χ2v) is 6.09. The summed E-state index contributed by atoms with van der Waals surface area (Å²) in [5.74, 6) is 0.236. The average molecular weight is 440 g/mol. The molecule has 6 nitrogen and oxygen atoms in total. The van der Waals surface area contributed by atoms with Gasteiger partial charge in [-0.1, -0.05) is 6.92 Å². The molecule has 1 atom stereocenters. The molecule has 0 aliphatic rings. The van der Waals surface area contributed by atoms with Crippen LogP contribution in [0.3, 0.4) is 0 Å². The summed E-state index contributed by atoms with van der Waals surface area (Å²) in [6, 6.07) is 0. The first-order valence-electron chi connectivity index (χ1n) is 6.93. The van der Waals surface area contributed by atoms with Crippen LogP contribution in [0.2, 0.25) is 0 Å². The van der Waals surface area contributed by atoms with Gasteiger partial charge in [-0.25, -0.2) is 4.98 Å². The molecule has 126 valence electrons. The Labute approximate surface area is 153 Å². The van der Waals surface area contributed by atoms with Crippen molar-refractivity contribution in [3.05, 3.63) is 15.6 Å². The van der Waals surface area contributed by atoms with Gasteiger partial charge in [0, 0.05) is 31.4 Å². The highest BCUT2D eigenvalue weighted by Crippen LogP contribution is 2.16. The number of carbonyl (C=O) groups is 1. The third-order valence-corrected chi connectivity index (χ3v) is 4.24. The van der Waals surface area contributed by atoms with E-state index in [1.807, 2.05) is 13.8 Å². The van der Waals surface area contributed by atoms with Crippen LogP contribution >= 0.6 is 35.3 Å². The molecule has 0 aliphatic carbocycles. The lowest BCUT2D eigenvalue weighted by Crippen LogP contribution is -2.41. The summed E-state index contributed by atoms with van der Waals surface area (Å²) in [5, 5.41) is 7.44. The largest absolute Gasteiger partial charge is 0.469 e. The van der Waals surface area contributed by atoms with E-state index in [9.17, 15) is 4.79 Å². The van der Waals surface area contributed by atoms with Crippen LogP contribution in [0.15, 0.2) is 4.99 Å². The smallest absolute Gasteiger partial charge is 0.310 e. The Balaban J connectivity index is 0.00000441. The van der Waals surface area contributed by atoms with Crippen LogP contribution in [-0.4, -0.2) is 44.2 Å². The molecule has 0 fully saturated rings. The molecule has 1 heterocycles. The molecule has 0 saturated carbocycles. The molecule has 0 saturated heterocycles. The highest BCUT2D eigenvalue weighted by Gasteiger charge is 2.13. The van der Waals surface area contributed by atoms with Gasteiger partial charge in [-0.15, -0.1) is 35.3 Å². The van der Waals surface area contributed by atoms with Crippen LogP contribution in [0.25, 0.3) is 0 Å². The van der Waals surface area contributed by atoms with Crippen LogP contribution in [0, 0.1) is 19.8 Å². The van der Waals surface area contributed by atoms with Crippen LogP contribution in [0.5, 0.6) is 0 Å². The number of thiazole rings is 1. The number of hydrogen-bond donors (Lipinski definition) is 2. The summed E-state index contributed by atoms with van der Waals surface area (Å²) < 4.78 is 4.68. The first-order chi connectivity index (χ1) is 9.97. The fourth-order valence-corrected chi connectivity index (χ4v) is 2.62. The van der Waals surface area contributed by atoms with Gasteiger partial charge >= 0.3 is 5.97 Å². The number of halogens is 1. The molecule has 0 aromatic carbocycles. The van der Waals surface area contributed by atoms with Gasteiger partial charge < -0.3 is 15.4 Å². The Bertz CT molecular complexity index is 486. The van der Waals surface area contributed by atoms with Crippen molar-refractivity contribution in [3.8, 4) is 0 Å². The first-order valence-corrected chi connectivity index (χ1v) is 7.74. The molecule has 1 unspecified atom stereocenters. The molecule has 22 heavy (non-hydrogen) atoms. The summed E-state index contributed by atoms with van der Waals surface area (Å²) in [6.07, 6.45) is 0.854. The zero-order valence-corrected chi connectivity index (χ0v) is 16.9. The molecule has 0 bridgehead atoms. The summed E-state index contributed by atoms with van der Waals surface area (Å²) in [4.78, 5) is 21.2. The summed E-state index contributed by atoms with van der Waals surface area (Å²) in [7, 11) is 3.10. The average Bonchev–Trinajstić information content (AvgIpc) is 2.79. The van der Waals surface area contributed by atoms with Crippen LogP contribution < -0.4 is 10.6 Å². The van der Waals surface area contributed by atoms with Crippen LogP contribution in [0.1, 0.15) is 22.5 Å². The zero-order valence-electron chi connectivity index (χ0n) is 13.7. The van der Waals surface area contributed by atoms with Gasteiger partial charge in [0.1, 0.15) is 0 Å². The maximum Gasteiger partial charge on any atom is 0.310 e. The Morgan fingerprint density at radius 3 is 2.59 bits per heavy atom. The normalized spacial score (nSPS) is 12.3. The van der Waals surface area contributed by atoms with E-state index >= 15 is 0 Å². The third kappa shape index (κ3) is 6.91. The second-order valence-electron chi connectivity index (χ2n) is 4.80. The van der Waals surface area contributed by atoms with Crippen LogP contribution in [0.4, 0.5) is 0 Å². The zero-order chi connectivity index (χ0) is 15.8. The number of rotatable bonds is 6. The topological polar surface area (TPSA) is 75.6 Å². The van der Waals surface area contributed by atoms with Crippen molar-refractivity contribution in [2.45, 2.75) is 27.2 Å². The fraction of sp³-hybridized carbons (Fsp3) is 0.643. The highest BCUT2D eigenvalue weighted by molar-refractivity contribution is 14.0. The maximum atomic E-state index is 11.3. The molecule has 2 N–H and O–H groups in total. The molecular formula is C14H25IN4O2S. The second kappa shape index (κ2) is 10.8. The summed E-state index contributed by atoms with van der Waals surface area (Å²) in [6.45, 7) is 7.16. The predicted octanol–water partition coefficient (Wildman–Crippen LogP) is 1.89. The number of nitrogens with zero attached hydrogens (tertiary/aromatic N) is 2. The monoisotopic (exact) mass is 440 g/mol. The number of carbonyl (C=O) groups excluding carboxylic acids is 1. The fourth-order valence-electron chi connectivity index (χ4n) is 1.69. The van der Waals surface area contributed by atoms with Gasteiger partial charge in [0.2, 0.25) is 0 Å². The molecule has 0 radical (unpaired) electrons. The van der Waals surface area contributed by atoms with E-state index in [-0.39, 0.29) is 35.9 Å². The number of aliphatic imine (C=N–C) groups is 1. The molecule has 0 spiro atoms. The van der Waals surface area contributed by atoms with Crippen LogP contribution in [-0.2, 0) is 16.0 Å². The summed E-state index contributed by atoms with van der Waals surface area (Å²) >= 11 is 1.73. The number of methoxy groups -OCH3 is 1. The van der Waals surface area contributed by atoms with Crippen molar-refractivity contribution in [1.82, 2.24) is 15.6 Å². The van der Waals surface area contributed by atoms with E-state index in [0.29, 0.717) is 12.5 Å². The van der Waals surface area contributed by atoms with E-state index in [1.165, 1.54) is 12.0 Å². The van der Waals surface area contributed by atoms with Crippen molar-refractivity contribution in [2.24, 2.45) is 10.9 Å². The number of hydrogen-bond acceptors (Lipinski definition) is 5. The van der Waals surface area contributed by atoms with Crippen molar-refractivity contribution in [3.63, 3.8) is 0 Å². The van der Waals surface area contributed by atoms with Gasteiger partial charge in [0.05, 0.1) is 23.7 Å². The van der Waals surface area contributed by atoms with Crippen molar-refractivity contribution in [1.29, 1.82) is 0 Å². The van der Waals surface area contributed by atoms with Crippen molar-refractivity contribution < 1.29 is 9.53 Å². The highest BCUT2D eigenvalue weighted by atomic mass is 127. The lowest BCUT2D eigenvalue weighted by molar-refractivity contribution is -0.144. The van der Waals surface area contributed by atoms with Gasteiger partial charge in [-0.2, -0.15) is 0 Å². The Morgan fingerprint density at radius 2 is 2.09 bits per heavy atom. The van der Waals surface area contributed by atoms with E-state index in [2.05, 4.69) is 32.3 Å². The first kappa shape index (κ1) is 21.1. The lowest BCUT2D eigenvalue weighted by atomic mass is 10.2. The number of ether oxygens (including phenoxy) is 1. The minimum Gasteiger partial charge on any atom is -0.469 e. The Kier molecular flexibility index (Phi) is 10.3. The molecule has 8 heteroatoms. The number of nitrogens with one attached hydrogen (secondary N) is 2. The molecule has 1 aromatic rings. The standard InChI is InChI=1S/C14H24N4O2S.HI/c1-9(13(19)20-5)8-17-14(15-4)16-7-6-12-18-10(2)11(3)21-12;/h9H,6-8H2,1-5H3,(H2,15,16,17);1H. The Morgan fingerprint density at radius 1 is 1.41 bits per heavy atom. The SMILES string of the molecule is CN=C(NCCc1nc(C)c(C)s1)NCC(C)C(=O)OC.I. The van der Waals surface area contributed by atoms with E-state index in [1.54, 1.807) is 18.4 Å². The van der Waals surface area contributed by atoms with Crippen molar-refractivity contribution >= 4 is 47.2 Å². The molecular weight excluding hydrogens is 415 g/mol. The third-order valence-electron chi connectivity index (χ3n) is 3.11. The van der Waals surface area contributed by atoms with E-state index in [4.69, 9.17) is 0 Å².